The number of hydrogen-bond acceptors (Lipinski definition) is 7. The summed E-state index contributed by atoms with van der Waals surface area (Å²) in [4.78, 5) is 29.4. The molecule has 8 heteroatoms. The van der Waals surface area contributed by atoms with Crippen molar-refractivity contribution >= 4 is 11.9 Å². The maximum absolute atomic E-state index is 14.2. The first-order valence-electron chi connectivity index (χ1n) is 14.0. The van der Waals surface area contributed by atoms with Crippen LogP contribution in [0.4, 0.5) is 0 Å². The maximum atomic E-state index is 14.2. The number of piperidine rings is 1. The molecule has 7 rings (SSSR count). The summed E-state index contributed by atoms with van der Waals surface area (Å²) in [5.41, 5.74) is 0.983. The van der Waals surface area contributed by atoms with E-state index in [2.05, 4.69) is 35.5 Å². The molecule has 4 aliphatic carbocycles. The lowest BCUT2D eigenvalue weighted by Crippen LogP contribution is -2.80. The van der Waals surface area contributed by atoms with Crippen LogP contribution in [0.2, 0.25) is 0 Å². The van der Waals surface area contributed by atoms with Gasteiger partial charge >= 0.3 is 5.97 Å². The second-order valence-corrected chi connectivity index (χ2v) is 12.2. The zero-order chi connectivity index (χ0) is 27.0. The van der Waals surface area contributed by atoms with Crippen molar-refractivity contribution in [3.63, 3.8) is 0 Å². The maximum Gasteiger partial charge on any atom is 0.328 e. The average molecular weight is 525 g/mol. The average Bonchev–Trinajstić information content (AvgIpc) is 3.27. The molecule has 38 heavy (non-hydrogen) atoms. The Morgan fingerprint density at radius 3 is 2.71 bits per heavy atom. The SMILES string of the molecule is CCOC(=O)[C@@H](CC(C)C)NC(=O)[C@H]1C[C@@]23C=C[C@]1(OC)[C@H]1Oc4c(OC)ccc5c4[C@@]12CCN(C)[C@@H]3C5. The molecule has 2 fully saturated rings. The number of likely N-dealkylation sites (N-methyl/N-ethyl adjacent to an activating group) is 1. The number of ether oxygens (including phenoxy) is 4. The minimum atomic E-state index is -0.970. The number of fused-ring (bicyclic) bond motifs is 1. The van der Waals surface area contributed by atoms with Gasteiger partial charge in [-0.05, 0) is 63.7 Å². The zero-order valence-electron chi connectivity index (χ0n) is 23.3. The highest BCUT2D eigenvalue weighted by atomic mass is 16.6. The van der Waals surface area contributed by atoms with Gasteiger partial charge in [0.15, 0.2) is 11.5 Å². The molecule has 0 aromatic heterocycles. The summed E-state index contributed by atoms with van der Waals surface area (Å²) in [6, 6.07) is 3.72. The van der Waals surface area contributed by atoms with Gasteiger partial charge in [-0.2, -0.15) is 0 Å². The lowest BCUT2D eigenvalue weighted by molar-refractivity contribution is -0.214. The molecule has 8 nitrogen and oxygen atoms in total. The number of methoxy groups -OCH3 is 2. The van der Waals surface area contributed by atoms with Gasteiger partial charge in [0, 0.05) is 24.1 Å². The number of amides is 1. The Bertz CT molecular complexity index is 1200. The van der Waals surface area contributed by atoms with E-state index in [9.17, 15) is 9.59 Å². The molecule has 6 aliphatic rings. The normalized spacial score (nSPS) is 36.4. The summed E-state index contributed by atoms with van der Waals surface area (Å²) in [6.45, 7) is 7.08. The number of likely N-dealkylation sites (tertiary alicyclic amines) is 1. The van der Waals surface area contributed by atoms with Gasteiger partial charge in [0.1, 0.15) is 17.7 Å². The fourth-order valence-electron chi connectivity index (χ4n) is 8.70. The van der Waals surface area contributed by atoms with Crippen molar-refractivity contribution in [3.05, 3.63) is 35.4 Å². The number of esters is 1. The fourth-order valence-corrected chi connectivity index (χ4v) is 8.70. The third-order valence-corrected chi connectivity index (χ3v) is 10.2. The molecule has 1 aromatic carbocycles. The van der Waals surface area contributed by atoms with Crippen LogP contribution in [0.1, 0.15) is 51.2 Å². The number of benzene rings is 1. The Kier molecular flexibility index (Phi) is 5.89. The van der Waals surface area contributed by atoms with Crippen LogP contribution in [0, 0.1) is 17.3 Å². The van der Waals surface area contributed by atoms with Gasteiger partial charge in [-0.25, -0.2) is 4.79 Å². The molecule has 1 amide bonds. The van der Waals surface area contributed by atoms with Crippen LogP contribution < -0.4 is 14.8 Å². The summed E-state index contributed by atoms with van der Waals surface area (Å²) < 4.78 is 24.4. The first-order chi connectivity index (χ1) is 18.2. The monoisotopic (exact) mass is 524 g/mol. The minimum absolute atomic E-state index is 0.179. The Labute approximate surface area is 225 Å². The fraction of sp³-hybridized carbons (Fsp3) is 0.667. The summed E-state index contributed by atoms with van der Waals surface area (Å²) in [7, 11) is 5.55. The van der Waals surface area contributed by atoms with Crippen molar-refractivity contribution in [2.75, 3.05) is 34.4 Å². The molecule has 1 saturated heterocycles. The van der Waals surface area contributed by atoms with Gasteiger partial charge in [-0.15, -0.1) is 0 Å². The molecule has 1 saturated carbocycles. The molecule has 2 aliphatic heterocycles. The third kappa shape index (κ3) is 3.04. The van der Waals surface area contributed by atoms with Crippen molar-refractivity contribution in [3.8, 4) is 11.5 Å². The van der Waals surface area contributed by atoms with Crippen molar-refractivity contribution < 1.29 is 28.5 Å². The van der Waals surface area contributed by atoms with Crippen LogP contribution in [0.5, 0.6) is 11.5 Å². The predicted molar refractivity (Wildman–Crippen MR) is 141 cm³/mol. The van der Waals surface area contributed by atoms with Gasteiger partial charge < -0.3 is 29.2 Å². The van der Waals surface area contributed by atoms with Crippen molar-refractivity contribution in [2.24, 2.45) is 17.3 Å². The lowest BCUT2D eigenvalue weighted by Gasteiger charge is -2.70. The van der Waals surface area contributed by atoms with Crippen LogP contribution >= 0.6 is 0 Å². The Balaban J connectivity index is 1.46. The molecule has 2 heterocycles. The van der Waals surface area contributed by atoms with Gasteiger partial charge in [-0.1, -0.05) is 32.1 Å². The Morgan fingerprint density at radius 2 is 2.03 bits per heavy atom. The van der Waals surface area contributed by atoms with Gasteiger partial charge in [0.25, 0.3) is 0 Å². The van der Waals surface area contributed by atoms with E-state index < -0.39 is 17.6 Å². The van der Waals surface area contributed by atoms with E-state index in [1.54, 1.807) is 21.1 Å². The second-order valence-electron chi connectivity index (χ2n) is 12.2. The van der Waals surface area contributed by atoms with E-state index in [1.807, 2.05) is 19.9 Å². The first-order valence-corrected chi connectivity index (χ1v) is 14.0. The highest BCUT2D eigenvalue weighted by Gasteiger charge is 2.79. The van der Waals surface area contributed by atoms with E-state index in [4.69, 9.17) is 18.9 Å². The zero-order valence-corrected chi connectivity index (χ0v) is 23.3. The largest absolute Gasteiger partial charge is 0.493 e. The van der Waals surface area contributed by atoms with Gasteiger partial charge in [-0.3, -0.25) is 4.79 Å². The van der Waals surface area contributed by atoms with E-state index in [-0.39, 0.29) is 47.4 Å². The number of carbonyl (C=O) groups is 2. The lowest BCUT2D eigenvalue weighted by atomic mass is 9.37. The molecule has 4 bridgehead atoms. The quantitative estimate of drug-likeness (QED) is 0.413. The highest BCUT2D eigenvalue weighted by molar-refractivity contribution is 5.88. The third-order valence-electron chi connectivity index (χ3n) is 10.2. The molecule has 0 radical (unpaired) electrons. The first kappa shape index (κ1) is 25.7. The molecular weight excluding hydrogens is 484 g/mol. The minimum Gasteiger partial charge on any atom is -0.493 e. The smallest absolute Gasteiger partial charge is 0.328 e. The topological polar surface area (TPSA) is 86.3 Å². The van der Waals surface area contributed by atoms with Crippen molar-refractivity contribution in [1.82, 2.24) is 10.2 Å². The number of hydrogen-bond donors (Lipinski definition) is 1. The summed E-state index contributed by atoms with van der Waals surface area (Å²) in [6.07, 6.45) is 7.02. The van der Waals surface area contributed by atoms with Crippen LogP contribution in [0.15, 0.2) is 24.3 Å². The van der Waals surface area contributed by atoms with Gasteiger partial charge in [0.2, 0.25) is 5.91 Å². The molecule has 7 atom stereocenters. The standard InChI is InChI=1S/C30H40N2O6/c1-7-37-26(34)20(14-17(2)3)31-25(33)19-16-28-10-11-30(19,36-6)27-29(28)12-13-32(4)22(28)15-18-8-9-21(35-5)24(38-27)23(18)29/h8-11,17,19-20,22,27H,7,12-16H2,1-6H3,(H,31,33)/t19-,20-,22-,27+,28-,29+,30-/m1/s1. The summed E-state index contributed by atoms with van der Waals surface area (Å²) in [5.74, 6) is 0.664. The van der Waals surface area contributed by atoms with Crippen LogP contribution in [-0.4, -0.2) is 75.0 Å². The molecular formula is C30H40N2O6. The van der Waals surface area contributed by atoms with E-state index in [0.29, 0.717) is 12.8 Å². The van der Waals surface area contributed by atoms with E-state index >= 15 is 0 Å². The number of rotatable bonds is 8. The Hall–Kier alpha value is -2.58. The summed E-state index contributed by atoms with van der Waals surface area (Å²) >= 11 is 0. The molecule has 206 valence electrons. The van der Waals surface area contributed by atoms with E-state index in [1.165, 1.54) is 11.1 Å². The molecule has 2 spiro atoms. The van der Waals surface area contributed by atoms with Crippen molar-refractivity contribution in [2.45, 2.75) is 75.7 Å². The number of nitrogens with zero attached hydrogens (tertiary/aromatic N) is 1. The molecule has 0 unspecified atom stereocenters. The Morgan fingerprint density at radius 1 is 1.24 bits per heavy atom. The highest BCUT2D eigenvalue weighted by Crippen LogP contribution is 2.74. The van der Waals surface area contributed by atoms with Gasteiger partial charge in [0.05, 0.1) is 25.0 Å². The van der Waals surface area contributed by atoms with Crippen LogP contribution in [0.25, 0.3) is 0 Å². The van der Waals surface area contributed by atoms with Crippen LogP contribution in [0.3, 0.4) is 0 Å². The predicted octanol–water partition coefficient (Wildman–Crippen LogP) is 3.01. The number of nitrogens with one attached hydrogen (secondary N) is 1. The van der Waals surface area contributed by atoms with E-state index in [0.717, 1.165) is 30.9 Å². The molecule has 1 aromatic rings. The van der Waals surface area contributed by atoms with Crippen LogP contribution in [-0.2, 0) is 30.9 Å². The molecule has 1 N–H and O–H groups in total. The van der Waals surface area contributed by atoms with Crippen molar-refractivity contribution in [1.29, 1.82) is 0 Å². The number of carbonyl (C=O) groups excluding carboxylic acids is 2. The summed E-state index contributed by atoms with van der Waals surface area (Å²) in [5, 5.41) is 3.08. The second kappa shape index (κ2) is 8.71.